The molecule has 5 heteroatoms. The van der Waals surface area contributed by atoms with Gasteiger partial charge < -0.3 is 0 Å². The van der Waals surface area contributed by atoms with Gasteiger partial charge in [-0.3, -0.25) is 9.36 Å². The highest BCUT2D eigenvalue weighted by atomic mass is 19.1. The molecule has 0 unspecified atom stereocenters. The van der Waals surface area contributed by atoms with Crippen LogP contribution in [0.2, 0.25) is 0 Å². The lowest BCUT2D eigenvalue weighted by Gasteiger charge is -2.05. The molecule has 78 valence electrons. The minimum atomic E-state index is -0.877. The van der Waals surface area contributed by atoms with Gasteiger partial charge in [0.1, 0.15) is 22.8 Å². The lowest BCUT2D eigenvalue weighted by molar-refractivity contribution is 0.589. The molecule has 1 heterocycles. The number of aryl methyl sites for hydroxylation is 1. The van der Waals surface area contributed by atoms with Gasteiger partial charge in [0.2, 0.25) is 0 Å². The topological polar surface area (TPSA) is 34.9 Å². The van der Waals surface area contributed by atoms with E-state index in [1.54, 1.807) is 6.92 Å². The van der Waals surface area contributed by atoms with Gasteiger partial charge in [0, 0.05) is 19.2 Å². The van der Waals surface area contributed by atoms with Crippen LogP contribution in [0.25, 0.3) is 10.9 Å². The average Bonchev–Trinajstić information content (AvgIpc) is 2.13. The van der Waals surface area contributed by atoms with E-state index in [1.807, 2.05) is 0 Å². The molecule has 1 aromatic carbocycles. The molecule has 1 aromatic heterocycles. The Bertz CT molecular complexity index is 604. The van der Waals surface area contributed by atoms with Crippen molar-refractivity contribution in [2.75, 3.05) is 0 Å². The van der Waals surface area contributed by atoms with E-state index in [2.05, 4.69) is 4.98 Å². The molecule has 0 aliphatic rings. The van der Waals surface area contributed by atoms with E-state index in [9.17, 15) is 13.6 Å². The summed E-state index contributed by atoms with van der Waals surface area (Å²) >= 11 is 0. The second-order valence-electron chi connectivity index (χ2n) is 3.30. The van der Waals surface area contributed by atoms with Gasteiger partial charge in [-0.25, -0.2) is 13.8 Å². The molecule has 0 aliphatic heterocycles. The molecular formula is C10H8F2N2O. The van der Waals surface area contributed by atoms with E-state index in [1.165, 1.54) is 11.6 Å². The van der Waals surface area contributed by atoms with Crippen molar-refractivity contribution in [3.63, 3.8) is 0 Å². The molecule has 0 atom stereocenters. The highest BCUT2D eigenvalue weighted by molar-refractivity contribution is 5.78. The summed E-state index contributed by atoms with van der Waals surface area (Å²) in [6.07, 6.45) is 0. The Kier molecular flexibility index (Phi) is 2.03. The maximum Gasteiger partial charge on any atom is 0.264 e. The Morgan fingerprint density at radius 3 is 2.67 bits per heavy atom. The SMILES string of the molecule is Cc1nc2cc(F)cc(F)c2c(=O)n1C. The van der Waals surface area contributed by atoms with Gasteiger partial charge >= 0.3 is 0 Å². The molecule has 0 saturated carbocycles. The van der Waals surface area contributed by atoms with Crippen molar-refractivity contribution < 1.29 is 8.78 Å². The van der Waals surface area contributed by atoms with E-state index in [4.69, 9.17) is 0 Å². The van der Waals surface area contributed by atoms with Crippen LogP contribution >= 0.6 is 0 Å². The van der Waals surface area contributed by atoms with Gasteiger partial charge in [-0.2, -0.15) is 0 Å². The van der Waals surface area contributed by atoms with E-state index < -0.39 is 17.2 Å². The fraction of sp³-hybridized carbons (Fsp3) is 0.200. The Balaban J connectivity index is 3.06. The molecule has 2 rings (SSSR count). The van der Waals surface area contributed by atoms with Gasteiger partial charge in [0.25, 0.3) is 5.56 Å². The number of aromatic nitrogens is 2. The van der Waals surface area contributed by atoms with Crippen LogP contribution in [0.5, 0.6) is 0 Å². The van der Waals surface area contributed by atoms with E-state index in [0.29, 0.717) is 11.9 Å². The van der Waals surface area contributed by atoms with E-state index in [0.717, 1.165) is 6.07 Å². The summed E-state index contributed by atoms with van der Waals surface area (Å²) in [5.74, 6) is -1.20. The van der Waals surface area contributed by atoms with Crippen molar-refractivity contribution in [1.29, 1.82) is 0 Å². The molecular weight excluding hydrogens is 202 g/mol. The van der Waals surface area contributed by atoms with Crippen LogP contribution in [0.3, 0.4) is 0 Å². The van der Waals surface area contributed by atoms with Crippen molar-refractivity contribution in [2.24, 2.45) is 7.05 Å². The maximum atomic E-state index is 13.3. The number of hydrogen-bond acceptors (Lipinski definition) is 2. The Morgan fingerprint density at radius 1 is 1.33 bits per heavy atom. The molecule has 2 aromatic rings. The number of benzene rings is 1. The highest BCUT2D eigenvalue weighted by Crippen LogP contribution is 2.14. The molecule has 0 aliphatic carbocycles. The summed E-state index contributed by atoms with van der Waals surface area (Å²) in [5, 5.41) is -0.176. The molecule has 0 saturated heterocycles. The summed E-state index contributed by atoms with van der Waals surface area (Å²) in [6.45, 7) is 1.60. The minimum absolute atomic E-state index is 0.0492. The quantitative estimate of drug-likeness (QED) is 0.660. The average molecular weight is 210 g/mol. The smallest absolute Gasteiger partial charge is 0.264 e. The van der Waals surface area contributed by atoms with Crippen LogP contribution in [0.15, 0.2) is 16.9 Å². The molecule has 3 nitrogen and oxygen atoms in total. The summed E-state index contributed by atoms with van der Waals surface area (Å²) < 4.78 is 27.4. The zero-order valence-corrected chi connectivity index (χ0v) is 8.21. The van der Waals surface area contributed by atoms with Crippen LogP contribution < -0.4 is 5.56 Å². The van der Waals surface area contributed by atoms with E-state index >= 15 is 0 Å². The number of nitrogens with zero attached hydrogens (tertiary/aromatic N) is 2. The van der Waals surface area contributed by atoms with Gasteiger partial charge in [0.05, 0.1) is 5.52 Å². The predicted molar refractivity (Wildman–Crippen MR) is 51.6 cm³/mol. The van der Waals surface area contributed by atoms with Gasteiger partial charge in [-0.1, -0.05) is 0 Å². The van der Waals surface area contributed by atoms with Crippen LogP contribution in [0, 0.1) is 18.6 Å². The van der Waals surface area contributed by atoms with Crippen LogP contribution in [-0.4, -0.2) is 9.55 Å². The summed E-state index contributed by atoms with van der Waals surface area (Å²) in [6, 6.07) is 1.73. The highest BCUT2D eigenvalue weighted by Gasteiger charge is 2.11. The lowest BCUT2D eigenvalue weighted by atomic mass is 10.2. The monoisotopic (exact) mass is 210 g/mol. The third-order valence-corrected chi connectivity index (χ3v) is 2.32. The number of halogens is 2. The van der Waals surface area contributed by atoms with Crippen molar-refractivity contribution >= 4 is 10.9 Å². The Labute approximate surface area is 84.0 Å². The first-order valence-electron chi connectivity index (χ1n) is 4.33. The molecule has 0 amide bonds. The molecule has 15 heavy (non-hydrogen) atoms. The normalized spacial score (nSPS) is 10.9. The molecule has 0 radical (unpaired) electrons. The molecule has 0 bridgehead atoms. The maximum absolute atomic E-state index is 13.3. The van der Waals surface area contributed by atoms with Gasteiger partial charge in [0.15, 0.2) is 0 Å². The summed E-state index contributed by atoms with van der Waals surface area (Å²) in [4.78, 5) is 15.6. The van der Waals surface area contributed by atoms with Crippen molar-refractivity contribution in [3.8, 4) is 0 Å². The third kappa shape index (κ3) is 1.40. The van der Waals surface area contributed by atoms with E-state index in [-0.39, 0.29) is 10.9 Å². The lowest BCUT2D eigenvalue weighted by Crippen LogP contribution is -2.21. The fourth-order valence-corrected chi connectivity index (χ4v) is 1.42. The third-order valence-electron chi connectivity index (χ3n) is 2.32. The van der Waals surface area contributed by atoms with Crippen LogP contribution in [-0.2, 0) is 7.05 Å². The van der Waals surface area contributed by atoms with Crippen molar-refractivity contribution in [2.45, 2.75) is 6.92 Å². The first kappa shape index (κ1) is 9.76. The fourth-order valence-electron chi connectivity index (χ4n) is 1.42. The Hall–Kier alpha value is -1.78. The zero-order chi connectivity index (χ0) is 11.2. The molecule has 0 N–H and O–H groups in total. The second kappa shape index (κ2) is 3.12. The first-order chi connectivity index (χ1) is 7.00. The minimum Gasteiger partial charge on any atom is -0.299 e. The largest absolute Gasteiger partial charge is 0.299 e. The predicted octanol–water partition coefficient (Wildman–Crippen LogP) is 1.52. The van der Waals surface area contributed by atoms with Crippen molar-refractivity contribution in [3.05, 3.63) is 39.9 Å². The first-order valence-corrected chi connectivity index (χ1v) is 4.33. The summed E-state index contributed by atoms with van der Waals surface area (Å²) in [7, 11) is 1.49. The molecule has 0 fully saturated rings. The standard InChI is InChI=1S/C10H8F2N2O/c1-5-13-8-4-6(11)3-7(12)9(8)10(15)14(5)2/h3-4H,1-2H3. The number of hydrogen-bond donors (Lipinski definition) is 0. The second-order valence-corrected chi connectivity index (χ2v) is 3.30. The van der Waals surface area contributed by atoms with Crippen molar-refractivity contribution in [1.82, 2.24) is 9.55 Å². The summed E-state index contributed by atoms with van der Waals surface area (Å²) in [5.41, 5.74) is -0.455. The zero-order valence-electron chi connectivity index (χ0n) is 8.21. The van der Waals surface area contributed by atoms with Gasteiger partial charge in [-0.05, 0) is 6.92 Å². The Morgan fingerprint density at radius 2 is 2.00 bits per heavy atom. The van der Waals surface area contributed by atoms with Crippen LogP contribution in [0.1, 0.15) is 5.82 Å². The van der Waals surface area contributed by atoms with Crippen LogP contribution in [0.4, 0.5) is 8.78 Å². The number of rotatable bonds is 0. The molecule has 0 spiro atoms. The van der Waals surface area contributed by atoms with Gasteiger partial charge in [-0.15, -0.1) is 0 Å². The number of fused-ring (bicyclic) bond motifs is 1.